The van der Waals surface area contributed by atoms with Crippen molar-refractivity contribution in [2.45, 2.75) is 11.5 Å². The Hall–Kier alpha value is -3.52. The van der Waals surface area contributed by atoms with Crippen LogP contribution in [-0.2, 0) is 21.2 Å². The van der Waals surface area contributed by atoms with Gasteiger partial charge in [-0.2, -0.15) is 0 Å². The van der Waals surface area contributed by atoms with Gasteiger partial charge in [0, 0.05) is 11.8 Å². The van der Waals surface area contributed by atoms with Gasteiger partial charge in [0.15, 0.2) is 15.5 Å². The summed E-state index contributed by atoms with van der Waals surface area (Å²) in [6.07, 6.45) is 7.23. The van der Waals surface area contributed by atoms with Crippen LogP contribution < -0.4 is 4.74 Å². The van der Waals surface area contributed by atoms with E-state index in [1.165, 1.54) is 25.6 Å². The Balaban J connectivity index is 1.88. The number of hydrogen-bond donors (Lipinski definition) is 0. The molecule has 0 fully saturated rings. The minimum absolute atomic E-state index is 0.0978. The van der Waals surface area contributed by atoms with Crippen LogP contribution in [0.15, 0.2) is 65.8 Å². The van der Waals surface area contributed by atoms with Gasteiger partial charge < -0.3 is 9.47 Å². The van der Waals surface area contributed by atoms with E-state index in [9.17, 15) is 13.2 Å². The number of aromatic nitrogens is 2. The zero-order valence-electron chi connectivity index (χ0n) is 16.5. The van der Waals surface area contributed by atoms with Crippen LogP contribution in [0.2, 0.25) is 0 Å². The molecule has 3 rings (SSSR count). The van der Waals surface area contributed by atoms with Gasteiger partial charge in [-0.05, 0) is 35.9 Å². The molecular weight excluding hydrogens is 404 g/mol. The molecule has 7 nitrogen and oxygen atoms in total. The predicted molar refractivity (Wildman–Crippen MR) is 113 cm³/mol. The fourth-order valence-corrected chi connectivity index (χ4v) is 3.22. The number of ether oxygens (including phenoxy) is 2. The zero-order chi connectivity index (χ0) is 21.6. The number of methoxy groups -OCH3 is 1. The first-order valence-corrected chi connectivity index (χ1v) is 10.9. The Morgan fingerprint density at radius 3 is 2.43 bits per heavy atom. The Morgan fingerprint density at radius 2 is 1.80 bits per heavy atom. The number of carbonyl (C=O) groups is 1. The quantitative estimate of drug-likeness (QED) is 0.536. The van der Waals surface area contributed by atoms with Crippen LogP contribution in [0.4, 0.5) is 0 Å². The van der Waals surface area contributed by atoms with Gasteiger partial charge in [-0.1, -0.05) is 30.3 Å². The molecule has 0 aliphatic rings. The number of benzene rings is 2. The number of rotatable bonds is 7. The van der Waals surface area contributed by atoms with Crippen LogP contribution in [0.3, 0.4) is 0 Å². The molecule has 1 heterocycles. The van der Waals surface area contributed by atoms with Gasteiger partial charge in [0.05, 0.1) is 30.1 Å². The molecule has 2 aromatic carbocycles. The summed E-state index contributed by atoms with van der Waals surface area (Å²) < 4.78 is 34.4. The van der Waals surface area contributed by atoms with Crippen molar-refractivity contribution in [3.05, 3.63) is 83.4 Å². The van der Waals surface area contributed by atoms with Crippen LogP contribution in [0, 0.1) is 0 Å². The minimum atomic E-state index is -3.38. The lowest BCUT2D eigenvalue weighted by molar-refractivity contribution is 0.0593. The van der Waals surface area contributed by atoms with Crippen LogP contribution >= 0.6 is 0 Å². The van der Waals surface area contributed by atoms with Crippen molar-refractivity contribution in [2.75, 3.05) is 13.4 Å². The summed E-state index contributed by atoms with van der Waals surface area (Å²) in [5.41, 5.74) is 2.15. The number of sulfone groups is 1. The van der Waals surface area contributed by atoms with Crippen molar-refractivity contribution in [3.8, 4) is 5.75 Å². The summed E-state index contributed by atoms with van der Waals surface area (Å²) >= 11 is 0. The van der Waals surface area contributed by atoms with E-state index in [4.69, 9.17) is 4.74 Å². The molecule has 0 N–H and O–H groups in total. The van der Waals surface area contributed by atoms with Crippen molar-refractivity contribution in [1.29, 1.82) is 0 Å². The fourth-order valence-electron chi connectivity index (χ4n) is 2.56. The largest absolute Gasteiger partial charge is 0.488 e. The number of carbonyl (C=O) groups excluding carboxylic acids is 1. The van der Waals surface area contributed by atoms with Crippen LogP contribution in [0.25, 0.3) is 12.2 Å². The highest BCUT2D eigenvalue weighted by Crippen LogP contribution is 2.25. The van der Waals surface area contributed by atoms with Crippen LogP contribution in [-0.4, -0.2) is 37.7 Å². The highest BCUT2D eigenvalue weighted by molar-refractivity contribution is 7.90. The molecule has 154 valence electrons. The molecule has 3 aromatic rings. The first-order chi connectivity index (χ1) is 14.4. The van der Waals surface area contributed by atoms with E-state index < -0.39 is 15.8 Å². The number of nitrogens with zero attached hydrogens (tertiary/aromatic N) is 2. The van der Waals surface area contributed by atoms with Gasteiger partial charge in [0.25, 0.3) is 0 Å². The maximum absolute atomic E-state index is 11.9. The molecule has 0 aliphatic heterocycles. The third-order valence-electron chi connectivity index (χ3n) is 4.15. The lowest BCUT2D eigenvalue weighted by atomic mass is 10.1. The van der Waals surface area contributed by atoms with E-state index in [1.807, 2.05) is 30.3 Å². The normalized spacial score (nSPS) is 11.4. The van der Waals surface area contributed by atoms with Gasteiger partial charge in [-0.25, -0.2) is 18.2 Å². The van der Waals surface area contributed by atoms with E-state index in [2.05, 4.69) is 14.7 Å². The SMILES string of the molecule is COC(=O)c1cnc(C=Cc2cc(S(C)(=O)=O)ccc2OCc2ccccc2)cn1. The van der Waals surface area contributed by atoms with Gasteiger partial charge in [0.1, 0.15) is 12.4 Å². The summed E-state index contributed by atoms with van der Waals surface area (Å²) in [6.45, 7) is 0.341. The summed E-state index contributed by atoms with van der Waals surface area (Å²) in [5, 5.41) is 0. The Bertz CT molecular complexity index is 1160. The molecule has 30 heavy (non-hydrogen) atoms. The maximum atomic E-state index is 11.9. The van der Waals surface area contributed by atoms with Crippen molar-refractivity contribution in [3.63, 3.8) is 0 Å². The molecule has 0 atom stereocenters. The van der Waals surface area contributed by atoms with E-state index in [0.29, 0.717) is 23.6 Å². The molecule has 0 amide bonds. The van der Waals surface area contributed by atoms with Crippen LogP contribution in [0.5, 0.6) is 5.75 Å². The van der Waals surface area contributed by atoms with Crippen LogP contribution in [0.1, 0.15) is 27.3 Å². The summed E-state index contributed by atoms with van der Waals surface area (Å²) in [5.74, 6) is -0.0443. The maximum Gasteiger partial charge on any atom is 0.358 e. The highest BCUT2D eigenvalue weighted by atomic mass is 32.2. The molecule has 1 aromatic heterocycles. The van der Waals surface area contributed by atoms with E-state index >= 15 is 0 Å². The second-order valence-corrected chi connectivity index (χ2v) is 8.41. The average molecular weight is 424 g/mol. The summed E-state index contributed by atoms with van der Waals surface area (Å²) in [6, 6.07) is 14.3. The predicted octanol–water partition coefficient (Wildman–Crippen LogP) is 3.42. The first-order valence-electron chi connectivity index (χ1n) is 8.96. The minimum Gasteiger partial charge on any atom is -0.488 e. The standard InChI is InChI=1S/C22H20N2O5S/c1-28-22(25)20-14-23-18(13-24-20)9-8-17-12-19(30(2,26)27)10-11-21(17)29-15-16-6-4-3-5-7-16/h3-14H,15H2,1-2H3. The Labute approximate surface area is 174 Å². The molecule has 0 unspecified atom stereocenters. The van der Waals surface area contributed by atoms with Gasteiger partial charge >= 0.3 is 5.97 Å². The van der Waals surface area contributed by atoms with E-state index in [0.717, 1.165) is 11.8 Å². The lowest BCUT2D eigenvalue weighted by Gasteiger charge is -2.11. The molecule has 0 radical (unpaired) electrons. The highest BCUT2D eigenvalue weighted by Gasteiger charge is 2.11. The molecule has 0 aliphatic carbocycles. The molecule has 0 spiro atoms. The summed E-state index contributed by atoms with van der Waals surface area (Å²) in [7, 11) is -2.11. The van der Waals surface area contributed by atoms with Crippen molar-refractivity contribution >= 4 is 28.0 Å². The lowest BCUT2D eigenvalue weighted by Crippen LogP contribution is -2.04. The van der Waals surface area contributed by atoms with Crippen molar-refractivity contribution in [2.24, 2.45) is 0 Å². The zero-order valence-corrected chi connectivity index (χ0v) is 17.3. The topological polar surface area (TPSA) is 95.5 Å². The van der Waals surface area contributed by atoms with Gasteiger partial charge in [0.2, 0.25) is 0 Å². The van der Waals surface area contributed by atoms with Gasteiger partial charge in [-0.3, -0.25) is 4.98 Å². The molecule has 0 bridgehead atoms. The Morgan fingerprint density at radius 1 is 1.03 bits per heavy atom. The monoisotopic (exact) mass is 424 g/mol. The average Bonchev–Trinajstić information content (AvgIpc) is 2.76. The second kappa shape index (κ2) is 9.32. The molecular formula is C22H20N2O5S. The number of esters is 1. The fraction of sp³-hybridized carbons (Fsp3) is 0.136. The van der Waals surface area contributed by atoms with Crippen molar-refractivity contribution < 1.29 is 22.7 Å². The second-order valence-electron chi connectivity index (χ2n) is 6.40. The Kier molecular flexibility index (Phi) is 6.58. The first kappa shape index (κ1) is 21.2. The molecule has 8 heteroatoms. The smallest absolute Gasteiger partial charge is 0.358 e. The molecule has 0 saturated heterocycles. The summed E-state index contributed by atoms with van der Waals surface area (Å²) in [4.78, 5) is 19.8. The van der Waals surface area contributed by atoms with E-state index in [1.54, 1.807) is 24.3 Å². The van der Waals surface area contributed by atoms with Crippen molar-refractivity contribution in [1.82, 2.24) is 9.97 Å². The van der Waals surface area contributed by atoms with E-state index in [-0.39, 0.29) is 10.6 Å². The van der Waals surface area contributed by atoms with Gasteiger partial charge in [-0.15, -0.1) is 0 Å². The third kappa shape index (κ3) is 5.51. The molecule has 0 saturated carbocycles. The third-order valence-corrected chi connectivity index (χ3v) is 5.26. The number of hydrogen-bond acceptors (Lipinski definition) is 7.